The largest absolute Gasteiger partial charge is 0.481 e. The third-order valence-corrected chi connectivity index (χ3v) is 7.60. The molecular weight excluding hydrogens is 336 g/mol. The topological polar surface area (TPSA) is 109 Å². The van der Waals surface area contributed by atoms with Crippen LogP contribution in [0.2, 0.25) is 0 Å². The molecule has 3 saturated carbocycles. The van der Waals surface area contributed by atoms with E-state index in [1.165, 1.54) is 6.92 Å². The van der Waals surface area contributed by atoms with Gasteiger partial charge in [-0.05, 0) is 43.9 Å². The molecule has 142 valence electrons. The van der Waals surface area contributed by atoms with Crippen LogP contribution in [0.3, 0.4) is 0 Å². The van der Waals surface area contributed by atoms with Crippen LogP contribution in [0.25, 0.3) is 0 Å². The maximum absolute atomic E-state index is 12.6. The number of carbonyl (C=O) groups is 4. The molecular formula is C20H26O6. The van der Waals surface area contributed by atoms with Gasteiger partial charge in [0, 0.05) is 17.8 Å². The average molecular weight is 362 g/mol. The van der Waals surface area contributed by atoms with E-state index >= 15 is 0 Å². The number of allylic oxidation sites excluding steroid dienone is 1. The Kier molecular flexibility index (Phi) is 4.17. The summed E-state index contributed by atoms with van der Waals surface area (Å²) in [6.07, 6.45) is 3.11. The second-order valence-electron chi connectivity index (χ2n) is 9.02. The van der Waals surface area contributed by atoms with Gasteiger partial charge in [0.15, 0.2) is 0 Å². The molecule has 0 spiro atoms. The Morgan fingerprint density at radius 2 is 1.88 bits per heavy atom. The lowest BCUT2D eigenvalue weighted by molar-refractivity contribution is -0.184. The van der Waals surface area contributed by atoms with Crippen molar-refractivity contribution in [2.75, 3.05) is 0 Å². The zero-order valence-electron chi connectivity index (χ0n) is 15.3. The minimum atomic E-state index is -1.42. The molecule has 0 aromatic carbocycles. The SMILES string of the molecule is C=C1C[C@]2(C=O)C[C@H]1C(=O)C[C@H]2[C@]1(C)CCC[C@@](C)(C(=O)O)[C@H]1C(=O)O. The first-order chi connectivity index (χ1) is 12.0. The van der Waals surface area contributed by atoms with Crippen molar-refractivity contribution in [3.8, 4) is 0 Å². The number of hydrogen-bond acceptors (Lipinski definition) is 4. The Morgan fingerprint density at radius 1 is 1.23 bits per heavy atom. The van der Waals surface area contributed by atoms with E-state index in [2.05, 4.69) is 6.58 Å². The number of aldehydes is 1. The highest BCUT2D eigenvalue weighted by molar-refractivity contribution is 5.89. The molecule has 3 fully saturated rings. The summed E-state index contributed by atoms with van der Waals surface area (Å²) in [6, 6.07) is 0. The monoisotopic (exact) mass is 362 g/mol. The fourth-order valence-corrected chi connectivity index (χ4v) is 6.37. The van der Waals surface area contributed by atoms with Crippen LogP contribution in [0.15, 0.2) is 12.2 Å². The van der Waals surface area contributed by atoms with E-state index in [-0.39, 0.29) is 24.5 Å². The quantitative estimate of drug-likeness (QED) is 0.588. The van der Waals surface area contributed by atoms with Crippen molar-refractivity contribution in [2.24, 2.45) is 34.0 Å². The maximum atomic E-state index is 12.6. The van der Waals surface area contributed by atoms with E-state index in [4.69, 9.17) is 0 Å². The Hall–Kier alpha value is -1.98. The van der Waals surface area contributed by atoms with Crippen LogP contribution in [0.5, 0.6) is 0 Å². The Balaban J connectivity index is 2.14. The van der Waals surface area contributed by atoms with Crippen molar-refractivity contribution in [3.63, 3.8) is 0 Å². The zero-order chi connectivity index (χ0) is 19.5. The number of carboxylic acid groups (broad SMARTS) is 2. The van der Waals surface area contributed by atoms with E-state index in [0.29, 0.717) is 25.7 Å². The van der Waals surface area contributed by atoms with Gasteiger partial charge in [-0.3, -0.25) is 14.4 Å². The first-order valence-corrected chi connectivity index (χ1v) is 9.15. The number of hydrogen-bond donors (Lipinski definition) is 2. The van der Waals surface area contributed by atoms with Crippen LogP contribution in [0.1, 0.15) is 52.4 Å². The highest BCUT2D eigenvalue weighted by atomic mass is 16.4. The predicted molar refractivity (Wildman–Crippen MR) is 92.3 cm³/mol. The maximum Gasteiger partial charge on any atom is 0.310 e. The number of aliphatic carboxylic acids is 2. The number of ketones is 1. The molecule has 3 aliphatic rings. The molecule has 3 aliphatic carbocycles. The molecule has 3 rings (SSSR count). The summed E-state index contributed by atoms with van der Waals surface area (Å²) in [7, 11) is 0. The Morgan fingerprint density at radius 3 is 2.42 bits per heavy atom. The van der Waals surface area contributed by atoms with Crippen molar-refractivity contribution in [3.05, 3.63) is 12.2 Å². The van der Waals surface area contributed by atoms with Gasteiger partial charge in [0.2, 0.25) is 0 Å². The van der Waals surface area contributed by atoms with Gasteiger partial charge in [0.25, 0.3) is 0 Å². The highest BCUT2D eigenvalue weighted by Gasteiger charge is 2.66. The van der Waals surface area contributed by atoms with Crippen molar-refractivity contribution in [2.45, 2.75) is 52.4 Å². The minimum Gasteiger partial charge on any atom is -0.481 e. The molecule has 0 aliphatic heterocycles. The first kappa shape index (κ1) is 18.8. The van der Waals surface area contributed by atoms with Gasteiger partial charge >= 0.3 is 11.9 Å². The smallest absolute Gasteiger partial charge is 0.310 e. The summed E-state index contributed by atoms with van der Waals surface area (Å²) in [5.41, 5.74) is -2.42. The van der Waals surface area contributed by atoms with E-state index in [9.17, 15) is 29.4 Å². The van der Waals surface area contributed by atoms with E-state index < -0.39 is 40.0 Å². The van der Waals surface area contributed by atoms with Crippen LogP contribution < -0.4 is 0 Å². The molecule has 26 heavy (non-hydrogen) atoms. The van der Waals surface area contributed by atoms with Gasteiger partial charge in [-0.2, -0.15) is 0 Å². The Labute approximate surface area is 152 Å². The molecule has 6 nitrogen and oxygen atoms in total. The number of carboxylic acids is 2. The van der Waals surface area contributed by atoms with Crippen LogP contribution in [-0.4, -0.2) is 34.2 Å². The normalized spacial score (nSPS) is 45.4. The van der Waals surface area contributed by atoms with Crippen molar-refractivity contribution >= 4 is 24.0 Å². The van der Waals surface area contributed by atoms with Crippen LogP contribution >= 0.6 is 0 Å². The molecule has 0 saturated heterocycles. The summed E-state index contributed by atoms with van der Waals surface area (Å²) < 4.78 is 0. The van der Waals surface area contributed by atoms with Crippen LogP contribution in [0, 0.1) is 34.0 Å². The van der Waals surface area contributed by atoms with Gasteiger partial charge in [-0.25, -0.2) is 0 Å². The van der Waals surface area contributed by atoms with Gasteiger partial charge in [-0.1, -0.05) is 25.5 Å². The molecule has 2 N–H and O–H groups in total. The summed E-state index contributed by atoms with van der Waals surface area (Å²) in [5, 5.41) is 19.8. The molecule has 6 heteroatoms. The molecule has 6 atom stereocenters. The number of fused-ring (bicyclic) bond motifs is 2. The molecule has 0 radical (unpaired) electrons. The van der Waals surface area contributed by atoms with Gasteiger partial charge in [0.1, 0.15) is 12.1 Å². The van der Waals surface area contributed by atoms with E-state index in [0.717, 1.165) is 11.9 Å². The summed E-state index contributed by atoms with van der Waals surface area (Å²) in [4.78, 5) is 49.0. The molecule has 0 aromatic heterocycles. The highest BCUT2D eigenvalue weighted by Crippen LogP contribution is 2.65. The predicted octanol–water partition coefficient (Wildman–Crippen LogP) is 2.71. The van der Waals surface area contributed by atoms with E-state index in [1.54, 1.807) is 6.92 Å². The second-order valence-corrected chi connectivity index (χ2v) is 9.02. The van der Waals surface area contributed by atoms with Gasteiger partial charge in [0.05, 0.1) is 11.3 Å². The number of Topliss-reactive ketones (excluding diaryl/α,β-unsaturated/α-hetero) is 1. The van der Waals surface area contributed by atoms with Gasteiger partial charge < -0.3 is 15.0 Å². The number of rotatable bonds is 4. The fourth-order valence-electron chi connectivity index (χ4n) is 6.37. The lowest BCUT2D eigenvalue weighted by Gasteiger charge is -2.55. The first-order valence-electron chi connectivity index (χ1n) is 9.15. The second kappa shape index (κ2) is 5.76. The van der Waals surface area contributed by atoms with Crippen LogP contribution in [-0.2, 0) is 19.2 Å². The lowest BCUT2D eigenvalue weighted by atomic mass is 9.46. The molecule has 0 amide bonds. The van der Waals surface area contributed by atoms with Crippen LogP contribution in [0.4, 0.5) is 0 Å². The molecule has 0 heterocycles. The minimum absolute atomic E-state index is 0.00272. The van der Waals surface area contributed by atoms with Gasteiger partial charge in [-0.15, -0.1) is 0 Å². The zero-order valence-corrected chi connectivity index (χ0v) is 15.3. The Bertz CT molecular complexity index is 711. The molecule has 0 unspecified atom stereocenters. The van der Waals surface area contributed by atoms with Crippen molar-refractivity contribution < 1.29 is 29.4 Å². The summed E-state index contributed by atoms with van der Waals surface area (Å²) in [6.45, 7) is 7.22. The third-order valence-electron chi connectivity index (χ3n) is 7.60. The van der Waals surface area contributed by atoms with Crippen molar-refractivity contribution in [1.82, 2.24) is 0 Å². The standard InChI is InChI=1S/C20H26O6/c1-11-8-20(10-21)9-12(11)13(22)7-14(20)18(2)5-4-6-19(3,17(25)26)15(18)16(23)24/h10,12,14-15H,1,4-9H2,2-3H3,(H,23,24)(H,25,26)/t12-,14+,15+,18+,19-,20-/m1/s1. The molecule has 2 bridgehead atoms. The van der Waals surface area contributed by atoms with Crippen molar-refractivity contribution in [1.29, 1.82) is 0 Å². The average Bonchev–Trinajstić information content (AvgIpc) is 2.84. The van der Waals surface area contributed by atoms with E-state index in [1.807, 2.05) is 0 Å². The lowest BCUT2D eigenvalue weighted by Crippen LogP contribution is -2.58. The third kappa shape index (κ3) is 2.30. The summed E-state index contributed by atoms with van der Waals surface area (Å²) in [5.74, 6) is -4.24. The summed E-state index contributed by atoms with van der Waals surface area (Å²) >= 11 is 0. The number of carbonyl (C=O) groups excluding carboxylic acids is 2. The fraction of sp³-hybridized carbons (Fsp3) is 0.700. The molecule has 0 aromatic rings.